The fourth-order valence-electron chi connectivity index (χ4n) is 2.62. The molecule has 0 atom stereocenters. The summed E-state index contributed by atoms with van der Waals surface area (Å²) in [6.45, 7) is 1.79. The summed E-state index contributed by atoms with van der Waals surface area (Å²) in [5.41, 5.74) is 11.3. The van der Waals surface area contributed by atoms with E-state index in [1.807, 2.05) is 30.3 Å². The van der Waals surface area contributed by atoms with E-state index in [0.29, 0.717) is 5.56 Å². The molecule has 0 aliphatic carbocycles. The molecule has 0 saturated carbocycles. The summed E-state index contributed by atoms with van der Waals surface area (Å²) in [4.78, 5) is 2.30. The fraction of sp³-hybridized carbons (Fsp3) is 0.188. The maximum Gasteiger partial charge on any atom is 0.100 e. The molecule has 0 spiro atoms. The van der Waals surface area contributed by atoms with Crippen LogP contribution in [0.4, 0.5) is 11.4 Å². The van der Waals surface area contributed by atoms with Crippen LogP contribution in [0.5, 0.6) is 0 Å². The summed E-state index contributed by atoms with van der Waals surface area (Å²) in [5, 5.41) is 8.98. The van der Waals surface area contributed by atoms with Crippen LogP contribution in [0, 0.1) is 11.3 Å². The Morgan fingerprint density at radius 2 is 2.10 bits per heavy atom. The Bertz CT molecular complexity index is 703. The van der Waals surface area contributed by atoms with E-state index in [2.05, 4.69) is 33.0 Å². The number of nitrogens with zero attached hydrogens (tertiary/aromatic N) is 2. The number of hydrogen-bond donors (Lipinski definition) is 1. The molecule has 20 heavy (non-hydrogen) atoms. The lowest BCUT2D eigenvalue weighted by Gasteiger charge is -2.31. The van der Waals surface area contributed by atoms with Crippen molar-refractivity contribution in [3.63, 3.8) is 0 Å². The topological polar surface area (TPSA) is 53.0 Å². The molecule has 2 aromatic carbocycles. The van der Waals surface area contributed by atoms with Crippen LogP contribution in [0.25, 0.3) is 0 Å². The maximum atomic E-state index is 8.98. The number of fused-ring (bicyclic) bond motifs is 1. The van der Waals surface area contributed by atoms with Gasteiger partial charge in [0.25, 0.3) is 0 Å². The number of rotatable bonds is 1. The van der Waals surface area contributed by atoms with Crippen LogP contribution >= 0.6 is 15.9 Å². The average molecular weight is 328 g/mol. The Morgan fingerprint density at radius 3 is 2.85 bits per heavy atom. The zero-order chi connectivity index (χ0) is 14.1. The SMILES string of the molecule is N#Cc1ccc(N2CCc3cccc(N)c3C2)cc1Br. The molecule has 1 heterocycles. The first-order chi connectivity index (χ1) is 9.69. The standard InChI is InChI=1S/C16H14BrN3/c17-15-8-13(5-4-12(15)9-18)20-7-6-11-2-1-3-16(19)14(11)10-20/h1-5,8H,6-7,10,19H2. The first kappa shape index (κ1) is 13.0. The summed E-state index contributed by atoms with van der Waals surface area (Å²) >= 11 is 3.45. The zero-order valence-corrected chi connectivity index (χ0v) is 12.5. The third-order valence-corrected chi connectivity index (χ3v) is 4.40. The monoisotopic (exact) mass is 327 g/mol. The molecule has 0 amide bonds. The molecule has 0 fully saturated rings. The van der Waals surface area contributed by atoms with Gasteiger partial charge in [-0.25, -0.2) is 0 Å². The van der Waals surface area contributed by atoms with Gasteiger partial charge in [0.1, 0.15) is 6.07 Å². The molecular formula is C16H14BrN3. The highest BCUT2D eigenvalue weighted by Gasteiger charge is 2.18. The molecule has 0 aromatic heterocycles. The second-order valence-electron chi connectivity index (χ2n) is 4.93. The Kier molecular flexibility index (Phi) is 3.37. The second-order valence-corrected chi connectivity index (χ2v) is 5.79. The lowest BCUT2D eigenvalue weighted by atomic mass is 9.97. The smallest absolute Gasteiger partial charge is 0.100 e. The number of benzene rings is 2. The molecule has 4 heteroatoms. The molecular weight excluding hydrogens is 314 g/mol. The largest absolute Gasteiger partial charge is 0.398 e. The maximum absolute atomic E-state index is 8.98. The van der Waals surface area contributed by atoms with E-state index in [1.165, 1.54) is 11.1 Å². The van der Waals surface area contributed by atoms with Crippen LogP contribution in [0.15, 0.2) is 40.9 Å². The van der Waals surface area contributed by atoms with Crippen molar-refractivity contribution >= 4 is 27.3 Å². The highest BCUT2D eigenvalue weighted by atomic mass is 79.9. The van der Waals surface area contributed by atoms with Crippen LogP contribution in [0.1, 0.15) is 16.7 Å². The summed E-state index contributed by atoms with van der Waals surface area (Å²) in [7, 11) is 0. The van der Waals surface area contributed by atoms with Crippen molar-refractivity contribution in [2.45, 2.75) is 13.0 Å². The molecule has 0 unspecified atom stereocenters. The minimum absolute atomic E-state index is 0.658. The van der Waals surface area contributed by atoms with Gasteiger partial charge in [-0.1, -0.05) is 12.1 Å². The average Bonchev–Trinajstić information content (AvgIpc) is 2.47. The molecule has 1 aliphatic rings. The molecule has 3 rings (SSSR count). The van der Waals surface area contributed by atoms with Gasteiger partial charge in [0.2, 0.25) is 0 Å². The Morgan fingerprint density at radius 1 is 1.25 bits per heavy atom. The van der Waals surface area contributed by atoms with Crippen molar-refractivity contribution in [2.75, 3.05) is 17.2 Å². The van der Waals surface area contributed by atoms with Gasteiger partial charge < -0.3 is 10.6 Å². The van der Waals surface area contributed by atoms with Gasteiger partial charge in [-0.05, 0) is 57.7 Å². The van der Waals surface area contributed by atoms with E-state index in [4.69, 9.17) is 11.0 Å². The van der Waals surface area contributed by atoms with Gasteiger partial charge >= 0.3 is 0 Å². The van der Waals surface area contributed by atoms with Gasteiger partial charge in [-0.3, -0.25) is 0 Å². The molecule has 100 valence electrons. The highest BCUT2D eigenvalue weighted by molar-refractivity contribution is 9.10. The lowest BCUT2D eigenvalue weighted by molar-refractivity contribution is 0.733. The van der Waals surface area contributed by atoms with Gasteiger partial charge in [0, 0.05) is 28.9 Å². The third-order valence-electron chi connectivity index (χ3n) is 3.75. The minimum Gasteiger partial charge on any atom is -0.398 e. The van der Waals surface area contributed by atoms with Crippen LogP contribution in [0.2, 0.25) is 0 Å². The quantitative estimate of drug-likeness (QED) is 0.816. The van der Waals surface area contributed by atoms with Gasteiger partial charge in [-0.15, -0.1) is 0 Å². The number of nitrogen functional groups attached to an aromatic ring is 1. The van der Waals surface area contributed by atoms with Crippen LogP contribution in [-0.2, 0) is 13.0 Å². The molecule has 0 bridgehead atoms. The summed E-state index contributed by atoms with van der Waals surface area (Å²) in [6, 6.07) is 14.1. The zero-order valence-electron chi connectivity index (χ0n) is 10.9. The first-order valence-corrected chi connectivity index (χ1v) is 7.29. The number of hydrogen-bond acceptors (Lipinski definition) is 3. The van der Waals surface area contributed by atoms with Crippen LogP contribution in [0.3, 0.4) is 0 Å². The van der Waals surface area contributed by atoms with Gasteiger partial charge in [0.05, 0.1) is 5.56 Å². The van der Waals surface area contributed by atoms with Crippen molar-refractivity contribution in [3.05, 3.63) is 57.6 Å². The van der Waals surface area contributed by atoms with Crippen LogP contribution < -0.4 is 10.6 Å². The Balaban J connectivity index is 1.93. The molecule has 3 nitrogen and oxygen atoms in total. The molecule has 2 aromatic rings. The van der Waals surface area contributed by atoms with Gasteiger partial charge in [-0.2, -0.15) is 5.26 Å². The Labute approximate surface area is 126 Å². The van der Waals surface area contributed by atoms with E-state index >= 15 is 0 Å². The van der Waals surface area contributed by atoms with Crippen molar-refractivity contribution < 1.29 is 0 Å². The number of anilines is 2. The number of halogens is 1. The predicted molar refractivity (Wildman–Crippen MR) is 84.5 cm³/mol. The van der Waals surface area contributed by atoms with E-state index < -0.39 is 0 Å². The lowest BCUT2D eigenvalue weighted by Crippen LogP contribution is -2.30. The van der Waals surface area contributed by atoms with Gasteiger partial charge in [0.15, 0.2) is 0 Å². The summed E-state index contributed by atoms with van der Waals surface area (Å²) in [5.74, 6) is 0. The molecule has 0 radical (unpaired) electrons. The second kappa shape index (κ2) is 5.18. The van der Waals surface area contributed by atoms with E-state index in [1.54, 1.807) is 0 Å². The number of nitriles is 1. The minimum atomic E-state index is 0.658. The summed E-state index contributed by atoms with van der Waals surface area (Å²) in [6.07, 6.45) is 0.998. The molecule has 2 N–H and O–H groups in total. The molecule has 0 saturated heterocycles. The van der Waals surface area contributed by atoms with E-state index in [9.17, 15) is 0 Å². The van der Waals surface area contributed by atoms with E-state index in [-0.39, 0.29) is 0 Å². The fourth-order valence-corrected chi connectivity index (χ4v) is 3.07. The third kappa shape index (κ3) is 2.25. The predicted octanol–water partition coefficient (Wildman–Crippen LogP) is 3.47. The number of nitrogens with two attached hydrogens (primary N) is 1. The first-order valence-electron chi connectivity index (χ1n) is 6.50. The van der Waals surface area contributed by atoms with Crippen molar-refractivity contribution in [3.8, 4) is 6.07 Å². The van der Waals surface area contributed by atoms with Crippen molar-refractivity contribution in [1.29, 1.82) is 5.26 Å². The Hall–Kier alpha value is -1.99. The van der Waals surface area contributed by atoms with E-state index in [0.717, 1.165) is 35.4 Å². The summed E-state index contributed by atoms with van der Waals surface area (Å²) < 4.78 is 0.837. The van der Waals surface area contributed by atoms with Crippen LogP contribution in [-0.4, -0.2) is 6.54 Å². The van der Waals surface area contributed by atoms with Crippen molar-refractivity contribution in [2.24, 2.45) is 0 Å². The van der Waals surface area contributed by atoms with Crippen molar-refractivity contribution in [1.82, 2.24) is 0 Å². The normalized spacial score (nSPS) is 13.7. The molecule has 1 aliphatic heterocycles. The highest BCUT2D eigenvalue weighted by Crippen LogP contribution is 2.30.